The lowest BCUT2D eigenvalue weighted by Gasteiger charge is -2.38. The Kier molecular flexibility index (Phi) is 6.54. The quantitative estimate of drug-likeness (QED) is 0.234. The maximum Gasteiger partial charge on any atom is 0.0977 e. The van der Waals surface area contributed by atoms with Gasteiger partial charge in [0.15, 0.2) is 0 Å². The summed E-state index contributed by atoms with van der Waals surface area (Å²) in [5.41, 5.74) is 5.93. The van der Waals surface area contributed by atoms with E-state index < -0.39 is 11.6 Å². The first kappa shape index (κ1) is 22.8. The van der Waals surface area contributed by atoms with Crippen molar-refractivity contribution in [2.24, 2.45) is 5.92 Å². The van der Waals surface area contributed by atoms with Crippen LogP contribution >= 0.6 is 0 Å². The molecule has 1 fully saturated rings. The second-order valence-corrected chi connectivity index (χ2v) is 9.98. The van der Waals surface area contributed by atoms with Gasteiger partial charge in [0.2, 0.25) is 0 Å². The molecule has 2 heteroatoms. The van der Waals surface area contributed by atoms with Crippen LogP contribution in [0.4, 0.5) is 0 Å². The number of hydrogen-bond donors (Lipinski definition) is 1. The number of hydrogen-bond acceptors (Lipinski definition) is 2. The van der Waals surface area contributed by atoms with E-state index in [-0.39, 0.29) is 6.04 Å². The van der Waals surface area contributed by atoms with Crippen LogP contribution in [0.25, 0.3) is 0 Å². The maximum absolute atomic E-state index is 11.4. The highest BCUT2D eigenvalue weighted by Gasteiger charge is 2.55. The summed E-state index contributed by atoms with van der Waals surface area (Å²) in [5, 5.41) is 11.4. The number of nitrogens with zero attached hydrogens (tertiary/aromatic N) is 1. The summed E-state index contributed by atoms with van der Waals surface area (Å²) in [4.78, 5) is 2.48. The largest absolute Gasteiger partial charge is 0.391 e. The number of rotatable bonds is 8. The van der Waals surface area contributed by atoms with Gasteiger partial charge in [-0.05, 0) is 55.2 Å². The SMILES string of the molecule is C=C(C[C@@H](O)[C@@H]1CN1C(c1ccccc1)(c1ccccc1)c1ccccc1)C1CC=C(C)CC1. The highest BCUT2D eigenvalue weighted by molar-refractivity contribution is 5.51. The molecule has 2 aliphatic rings. The normalized spacial score (nSPS) is 23.1. The first-order chi connectivity index (χ1) is 16.6. The van der Waals surface area contributed by atoms with Crippen LogP contribution in [0.3, 0.4) is 0 Å². The molecule has 1 heterocycles. The van der Waals surface area contributed by atoms with Gasteiger partial charge in [-0.2, -0.15) is 0 Å². The van der Waals surface area contributed by atoms with Crippen molar-refractivity contribution in [3.63, 3.8) is 0 Å². The third kappa shape index (κ3) is 4.29. The predicted molar refractivity (Wildman–Crippen MR) is 141 cm³/mol. The molecule has 0 aromatic heterocycles. The second-order valence-electron chi connectivity index (χ2n) is 9.98. The maximum atomic E-state index is 11.4. The van der Waals surface area contributed by atoms with Crippen LogP contribution in [-0.2, 0) is 5.54 Å². The van der Waals surface area contributed by atoms with Crippen molar-refractivity contribution in [3.05, 3.63) is 131 Å². The van der Waals surface area contributed by atoms with Crippen molar-refractivity contribution < 1.29 is 5.11 Å². The average Bonchev–Trinajstić information content (AvgIpc) is 3.68. The molecule has 2 nitrogen and oxygen atoms in total. The topological polar surface area (TPSA) is 23.2 Å². The fourth-order valence-corrected chi connectivity index (χ4v) is 5.81. The lowest BCUT2D eigenvalue weighted by Crippen LogP contribution is -2.40. The first-order valence-corrected chi connectivity index (χ1v) is 12.6. The van der Waals surface area contributed by atoms with E-state index in [2.05, 4.69) is 115 Å². The molecule has 0 saturated carbocycles. The zero-order valence-corrected chi connectivity index (χ0v) is 20.1. The molecule has 2 unspecified atom stereocenters. The molecule has 0 amide bonds. The number of benzene rings is 3. The van der Waals surface area contributed by atoms with Gasteiger partial charge in [-0.15, -0.1) is 0 Å². The van der Waals surface area contributed by atoms with Gasteiger partial charge in [0.1, 0.15) is 0 Å². The van der Waals surface area contributed by atoms with Crippen LogP contribution in [0.15, 0.2) is 115 Å². The van der Waals surface area contributed by atoms with Crippen LogP contribution in [0.1, 0.15) is 49.3 Å². The molecule has 3 aromatic carbocycles. The summed E-state index contributed by atoms with van der Waals surface area (Å²) in [7, 11) is 0. The molecule has 0 radical (unpaired) electrons. The van der Waals surface area contributed by atoms with Crippen LogP contribution in [0, 0.1) is 5.92 Å². The van der Waals surface area contributed by atoms with Crippen molar-refractivity contribution >= 4 is 0 Å². The van der Waals surface area contributed by atoms with Gasteiger partial charge in [0.05, 0.1) is 17.7 Å². The minimum absolute atomic E-state index is 0.0956. The lowest BCUT2D eigenvalue weighted by atomic mass is 9.76. The molecular weight excluding hydrogens is 414 g/mol. The minimum atomic E-state index is -0.443. The van der Waals surface area contributed by atoms with E-state index >= 15 is 0 Å². The van der Waals surface area contributed by atoms with E-state index in [0.29, 0.717) is 12.3 Å². The zero-order valence-electron chi connectivity index (χ0n) is 20.1. The van der Waals surface area contributed by atoms with Crippen LogP contribution in [-0.4, -0.2) is 28.7 Å². The molecule has 1 aliphatic heterocycles. The molecule has 0 bridgehead atoms. The molecule has 3 aromatic rings. The lowest BCUT2D eigenvalue weighted by molar-refractivity contribution is 0.137. The summed E-state index contributed by atoms with van der Waals surface area (Å²) in [6.45, 7) is 7.48. The molecule has 5 rings (SSSR count). The summed E-state index contributed by atoms with van der Waals surface area (Å²) >= 11 is 0. The average molecular weight is 450 g/mol. The fraction of sp³-hybridized carbons (Fsp3) is 0.312. The fourth-order valence-electron chi connectivity index (χ4n) is 5.81. The molecule has 34 heavy (non-hydrogen) atoms. The van der Waals surface area contributed by atoms with E-state index in [4.69, 9.17) is 0 Å². The van der Waals surface area contributed by atoms with Gasteiger partial charge in [-0.1, -0.05) is 115 Å². The van der Waals surface area contributed by atoms with Gasteiger partial charge in [-0.25, -0.2) is 0 Å². The van der Waals surface area contributed by atoms with Gasteiger partial charge in [-0.3, -0.25) is 4.90 Å². The Balaban J connectivity index is 1.48. The van der Waals surface area contributed by atoms with E-state index in [1.165, 1.54) is 27.8 Å². The molecule has 1 N–H and O–H groups in total. The summed E-state index contributed by atoms with van der Waals surface area (Å²) in [6.07, 6.45) is 5.97. The summed E-state index contributed by atoms with van der Waals surface area (Å²) in [6, 6.07) is 32.3. The first-order valence-electron chi connectivity index (χ1n) is 12.6. The van der Waals surface area contributed by atoms with E-state index in [0.717, 1.165) is 25.8 Å². The van der Waals surface area contributed by atoms with E-state index in [1.54, 1.807) is 0 Å². The Morgan fingerprint density at radius 1 is 0.912 bits per heavy atom. The Bertz CT molecular complexity index is 1040. The Labute approximate surface area is 204 Å². The minimum Gasteiger partial charge on any atom is -0.391 e. The second kappa shape index (κ2) is 9.74. The van der Waals surface area contributed by atoms with Crippen LogP contribution in [0.5, 0.6) is 0 Å². The number of aliphatic hydroxyl groups excluding tert-OH is 1. The monoisotopic (exact) mass is 449 g/mol. The third-order valence-electron chi connectivity index (χ3n) is 7.79. The molecule has 174 valence electrons. The van der Waals surface area contributed by atoms with E-state index in [1.807, 2.05) is 0 Å². The van der Waals surface area contributed by atoms with Crippen molar-refractivity contribution in [3.8, 4) is 0 Å². The summed E-state index contributed by atoms with van der Waals surface area (Å²) in [5.74, 6) is 0.493. The van der Waals surface area contributed by atoms with Crippen molar-refractivity contribution in [1.82, 2.24) is 4.90 Å². The smallest absolute Gasteiger partial charge is 0.0977 e. The Hall–Kier alpha value is -2.94. The van der Waals surface area contributed by atoms with Crippen LogP contribution < -0.4 is 0 Å². The highest BCUT2D eigenvalue weighted by atomic mass is 16.3. The van der Waals surface area contributed by atoms with Gasteiger partial charge >= 0.3 is 0 Å². The highest BCUT2D eigenvalue weighted by Crippen LogP contribution is 2.49. The number of aliphatic hydroxyl groups is 1. The van der Waals surface area contributed by atoms with Gasteiger partial charge in [0, 0.05) is 6.54 Å². The van der Waals surface area contributed by atoms with Crippen molar-refractivity contribution in [2.45, 2.75) is 50.3 Å². The molecule has 1 aliphatic carbocycles. The molecule has 1 saturated heterocycles. The Morgan fingerprint density at radius 2 is 1.41 bits per heavy atom. The molecule has 0 spiro atoms. The van der Waals surface area contributed by atoms with Crippen molar-refractivity contribution in [1.29, 1.82) is 0 Å². The predicted octanol–water partition coefficient (Wildman–Crippen LogP) is 6.72. The van der Waals surface area contributed by atoms with Crippen molar-refractivity contribution in [2.75, 3.05) is 6.54 Å². The number of allylic oxidation sites excluding steroid dienone is 2. The van der Waals surface area contributed by atoms with E-state index in [9.17, 15) is 5.11 Å². The standard InChI is InChI=1S/C32H35NO/c1-24-18-20-26(21-19-24)25(2)22-31(34)30-23-33(30)32(27-12-6-3-7-13-27,28-14-8-4-9-15-28)29-16-10-5-11-17-29/h3-18,26,30-31,34H,2,19-23H2,1H3/t26?,30-,31+,33?/m0/s1. The summed E-state index contributed by atoms with van der Waals surface area (Å²) < 4.78 is 0. The molecule has 4 atom stereocenters. The van der Waals surface area contributed by atoms with Gasteiger partial charge < -0.3 is 5.11 Å². The Morgan fingerprint density at radius 3 is 1.85 bits per heavy atom. The van der Waals surface area contributed by atoms with Gasteiger partial charge in [0.25, 0.3) is 0 Å². The molecular formula is C32H35NO. The zero-order chi connectivity index (χ0) is 23.5. The van der Waals surface area contributed by atoms with Crippen LogP contribution in [0.2, 0.25) is 0 Å². The third-order valence-corrected chi connectivity index (χ3v) is 7.79.